The number of hydrogen-bond donors (Lipinski definition) is 0. The zero-order chi connectivity index (χ0) is 6.41. The van der Waals surface area contributed by atoms with E-state index in [9.17, 15) is 0 Å². The summed E-state index contributed by atoms with van der Waals surface area (Å²) in [5.74, 6) is 0. The van der Waals surface area contributed by atoms with Crippen molar-refractivity contribution in [1.29, 1.82) is 0 Å². The van der Waals surface area contributed by atoms with Crippen LogP contribution >= 0.6 is 12.2 Å². The molecule has 0 saturated heterocycles. The Hall–Kier alpha value is -0.640. The second-order valence-corrected chi connectivity index (χ2v) is 1.77. The lowest BCUT2D eigenvalue weighted by Gasteiger charge is -1.90. The average molecular weight is 143 g/mol. The number of thiocarbonyl (C=S) groups is 1. The lowest BCUT2D eigenvalue weighted by atomic mass is 11.2. The van der Waals surface area contributed by atoms with E-state index in [1.54, 1.807) is 0 Å². The van der Waals surface area contributed by atoms with Gasteiger partial charge in [-0.3, -0.25) is 4.99 Å². The van der Waals surface area contributed by atoms with Crippen molar-refractivity contribution in [2.24, 2.45) is 9.98 Å². The van der Waals surface area contributed by atoms with E-state index < -0.39 is 0 Å². The number of rotatable bonds is 1. The second kappa shape index (κ2) is 4.52. The molecule has 0 aromatic carbocycles. The quantitative estimate of drug-likeness (QED) is 0.233. The molecule has 0 spiro atoms. The summed E-state index contributed by atoms with van der Waals surface area (Å²) in [6, 6.07) is 1.49. The van der Waals surface area contributed by atoms with E-state index in [2.05, 4.69) is 34.8 Å². The topological polar surface area (TPSA) is 47.0 Å². The van der Waals surface area contributed by atoms with Crippen molar-refractivity contribution in [1.82, 2.24) is 0 Å². The molecule has 0 unspecified atom stereocenters. The molecule has 0 heterocycles. The van der Waals surface area contributed by atoms with Crippen molar-refractivity contribution in [3.63, 3.8) is 0 Å². The maximum absolute atomic E-state index is 7.79. The highest BCUT2D eigenvalue weighted by molar-refractivity contribution is 8.00. The van der Waals surface area contributed by atoms with Gasteiger partial charge in [0, 0.05) is 6.34 Å². The molecule has 0 N–H and O–H groups in total. The Morgan fingerprint density at radius 1 is 1.88 bits per heavy atom. The first-order valence-electron chi connectivity index (χ1n) is 1.60. The summed E-state index contributed by atoms with van der Waals surface area (Å²) in [6.45, 7) is 0. The molecule has 0 aromatic heterocycles. The van der Waals surface area contributed by atoms with Gasteiger partial charge in [-0.15, -0.1) is 0 Å². The van der Waals surface area contributed by atoms with Crippen LogP contribution in [0, 0.1) is 0 Å². The van der Waals surface area contributed by atoms with Gasteiger partial charge in [0.1, 0.15) is 0 Å². The number of aliphatic imine (C=N–C) groups is 2. The Morgan fingerprint density at radius 3 is 2.88 bits per heavy atom. The largest absolute Gasteiger partial charge is 0.422 e. The smallest absolute Gasteiger partial charge is 0.0178 e. The highest BCUT2D eigenvalue weighted by atomic mass is 32.1. The molecule has 0 radical (unpaired) electrons. The number of hydrogen-bond acceptors (Lipinski definition) is 2. The van der Waals surface area contributed by atoms with E-state index in [0.717, 1.165) is 6.34 Å². The molecular formula is C3HN3S2-2. The molecule has 0 aliphatic carbocycles. The predicted octanol–water partition coefficient (Wildman–Crippen LogP) is 0.590. The summed E-state index contributed by atoms with van der Waals surface area (Å²) in [5.41, 5.74) is 0. The summed E-state index contributed by atoms with van der Waals surface area (Å²) in [5, 5.41) is 7.79. The fourth-order valence-corrected chi connectivity index (χ4v) is 0.196. The van der Waals surface area contributed by atoms with Gasteiger partial charge in [-0.25, -0.2) is 0 Å². The summed E-state index contributed by atoms with van der Waals surface area (Å²) >= 11 is 8.71. The summed E-state index contributed by atoms with van der Waals surface area (Å²) in [6.07, 6.45) is 1.02. The lowest BCUT2D eigenvalue weighted by molar-refractivity contribution is 1.73. The van der Waals surface area contributed by atoms with Gasteiger partial charge in [-0.2, -0.15) is 6.01 Å². The molecule has 0 aliphatic rings. The van der Waals surface area contributed by atoms with Gasteiger partial charge >= 0.3 is 0 Å². The predicted molar refractivity (Wildman–Crippen MR) is 39.2 cm³/mol. The molecule has 0 atom stereocenters. The SMILES string of the molecule is [N-]=C=N/C=N/C(=S)[S-]. The molecule has 0 fully saturated rings. The summed E-state index contributed by atoms with van der Waals surface area (Å²) in [4.78, 5) is 6.42. The maximum Gasteiger partial charge on any atom is 0.0178 e. The van der Waals surface area contributed by atoms with Crippen LogP contribution < -0.4 is 0 Å². The third-order valence-corrected chi connectivity index (χ3v) is 0.489. The minimum Gasteiger partial charge on any atom is -0.422 e. The van der Waals surface area contributed by atoms with Gasteiger partial charge in [0.15, 0.2) is 0 Å². The van der Waals surface area contributed by atoms with E-state index in [-0.39, 0.29) is 4.32 Å². The molecule has 0 amide bonds. The van der Waals surface area contributed by atoms with Gasteiger partial charge in [0.05, 0.1) is 0 Å². The molecule has 42 valence electrons. The fraction of sp³-hybridized carbons (Fsp3) is 0. The van der Waals surface area contributed by atoms with Crippen molar-refractivity contribution in [3.8, 4) is 0 Å². The molecule has 0 bridgehead atoms. The second-order valence-electron chi connectivity index (χ2n) is 0.740. The molecule has 0 aliphatic heterocycles. The molecule has 0 saturated carbocycles. The van der Waals surface area contributed by atoms with Crippen LogP contribution in [0.25, 0.3) is 5.41 Å². The van der Waals surface area contributed by atoms with E-state index >= 15 is 0 Å². The molecular weight excluding hydrogens is 142 g/mol. The highest BCUT2D eigenvalue weighted by Gasteiger charge is 1.54. The summed E-state index contributed by atoms with van der Waals surface area (Å²) in [7, 11) is 0. The average Bonchev–Trinajstić information content (AvgIpc) is 1.66. The van der Waals surface area contributed by atoms with Crippen LogP contribution in [0.1, 0.15) is 0 Å². The van der Waals surface area contributed by atoms with Crippen LogP contribution in [0.15, 0.2) is 9.98 Å². The van der Waals surface area contributed by atoms with Crippen LogP contribution in [0.2, 0.25) is 0 Å². The van der Waals surface area contributed by atoms with Crippen LogP contribution in [0.5, 0.6) is 0 Å². The Balaban J connectivity index is 3.67. The third kappa shape index (κ3) is 5.36. The van der Waals surface area contributed by atoms with Crippen molar-refractivity contribution in [3.05, 3.63) is 5.41 Å². The zero-order valence-corrected chi connectivity index (χ0v) is 5.37. The van der Waals surface area contributed by atoms with Gasteiger partial charge < -0.3 is 35.2 Å². The Labute approximate surface area is 57.5 Å². The van der Waals surface area contributed by atoms with E-state index in [1.165, 1.54) is 6.01 Å². The molecule has 0 aromatic rings. The maximum atomic E-state index is 7.79. The highest BCUT2D eigenvalue weighted by Crippen LogP contribution is 1.71. The van der Waals surface area contributed by atoms with Crippen LogP contribution in [-0.2, 0) is 12.6 Å². The molecule has 3 nitrogen and oxygen atoms in total. The Morgan fingerprint density at radius 2 is 2.50 bits per heavy atom. The van der Waals surface area contributed by atoms with Gasteiger partial charge in [-0.1, -0.05) is 0 Å². The number of nitrogens with zero attached hydrogens (tertiary/aromatic N) is 3. The molecule has 0 rings (SSSR count). The Bertz CT molecular complexity index is 152. The van der Waals surface area contributed by atoms with Crippen molar-refractivity contribution in [2.45, 2.75) is 0 Å². The van der Waals surface area contributed by atoms with Gasteiger partial charge in [0.2, 0.25) is 0 Å². The zero-order valence-electron chi connectivity index (χ0n) is 3.74. The lowest BCUT2D eigenvalue weighted by Crippen LogP contribution is -1.77. The van der Waals surface area contributed by atoms with Gasteiger partial charge in [-0.05, 0) is 4.32 Å². The molecule has 5 heteroatoms. The minimum atomic E-state index is 0.0593. The first-order valence-corrected chi connectivity index (χ1v) is 2.41. The Kier molecular flexibility index (Phi) is 4.16. The summed E-state index contributed by atoms with van der Waals surface area (Å²) < 4.78 is 0.0593. The normalized spacial score (nSPS) is 8.50. The first kappa shape index (κ1) is 7.36. The van der Waals surface area contributed by atoms with Crippen molar-refractivity contribution >= 4 is 41.5 Å². The first-order chi connectivity index (χ1) is 3.77. The minimum absolute atomic E-state index is 0.0593. The standard InChI is InChI=1S/C3H2N3S2/c4-1-5-2-6-3(7)8/h2H,(H,7,8)/q-1/p-1/b6-2+. The van der Waals surface area contributed by atoms with E-state index in [0.29, 0.717) is 0 Å². The van der Waals surface area contributed by atoms with Crippen molar-refractivity contribution < 1.29 is 0 Å². The van der Waals surface area contributed by atoms with Crippen LogP contribution in [0.4, 0.5) is 0 Å². The monoisotopic (exact) mass is 143 g/mol. The van der Waals surface area contributed by atoms with E-state index in [1.807, 2.05) is 0 Å². The van der Waals surface area contributed by atoms with Crippen LogP contribution in [-0.4, -0.2) is 16.7 Å². The van der Waals surface area contributed by atoms with E-state index in [4.69, 9.17) is 5.41 Å². The fourth-order valence-electron chi connectivity index (χ4n) is 0.102. The van der Waals surface area contributed by atoms with Crippen molar-refractivity contribution in [2.75, 3.05) is 0 Å². The third-order valence-electron chi connectivity index (χ3n) is 0.279. The van der Waals surface area contributed by atoms with Gasteiger partial charge in [0.25, 0.3) is 0 Å². The van der Waals surface area contributed by atoms with Crippen LogP contribution in [0.3, 0.4) is 0 Å². The molecule has 8 heavy (non-hydrogen) atoms.